The highest BCUT2D eigenvalue weighted by Gasteiger charge is 2.13. The smallest absolute Gasteiger partial charge is 0.254 e. The molecule has 5 nitrogen and oxygen atoms in total. The van der Waals surface area contributed by atoms with Crippen molar-refractivity contribution in [3.05, 3.63) is 27.5 Å². The molecule has 2 N–H and O–H groups in total. The standard InChI is InChI=1S/C11H13BrClN3O2/c1-6(2)16-9(17)5-15-11(18)8-3-7(12)4-14-10(8)13/h3-4,6H,5H2,1-2H3,(H,15,18)(H,16,17). The van der Waals surface area contributed by atoms with E-state index < -0.39 is 5.91 Å². The molecule has 7 heteroatoms. The SMILES string of the molecule is CC(C)NC(=O)CNC(=O)c1cc(Br)cnc1Cl. The highest BCUT2D eigenvalue weighted by atomic mass is 79.9. The summed E-state index contributed by atoms with van der Waals surface area (Å²) in [5.74, 6) is -0.690. The van der Waals surface area contributed by atoms with Gasteiger partial charge >= 0.3 is 0 Å². The summed E-state index contributed by atoms with van der Waals surface area (Å²) in [6, 6.07) is 1.58. The summed E-state index contributed by atoms with van der Waals surface area (Å²) in [4.78, 5) is 27.0. The average Bonchev–Trinajstić information content (AvgIpc) is 2.28. The Bertz CT molecular complexity index is 466. The maximum atomic E-state index is 11.8. The molecular formula is C11H13BrClN3O2. The molecule has 2 amide bonds. The van der Waals surface area contributed by atoms with Crippen LogP contribution in [0.1, 0.15) is 24.2 Å². The molecule has 0 fully saturated rings. The summed E-state index contributed by atoms with van der Waals surface area (Å²) in [7, 11) is 0. The fourth-order valence-corrected chi connectivity index (χ4v) is 1.73. The zero-order valence-electron chi connectivity index (χ0n) is 9.96. The van der Waals surface area contributed by atoms with E-state index in [4.69, 9.17) is 11.6 Å². The fraction of sp³-hybridized carbons (Fsp3) is 0.364. The molecule has 0 saturated heterocycles. The topological polar surface area (TPSA) is 71.1 Å². The van der Waals surface area contributed by atoms with Crippen molar-refractivity contribution in [1.29, 1.82) is 0 Å². The van der Waals surface area contributed by atoms with E-state index in [9.17, 15) is 9.59 Å². The second-order valence-electron chi connectivity index (χ2n) is 3.90. The van der Waals surface area contributed by atoms with E-state index in [1.54, 1.807) is 6.07 Å². The van der Waals surface area contributed by atoms with Crippen LogP contribution in [0.25, 0.3) is 0 Å². The van der Waals surface area contributed by atoms with Gasteiger partial charge in [0.25, 0.3) is 5.91 Å². The summed E-state index contributed by atoms with van der Waals surface area (Å²) in [6.07, 6.45) is 1.49. The largest absolute Gasteiger partial charge is 0.352 e. The first-order valence-electron chi connectivity index (χ1n) is 5.28. The Kier molecular flexibility index (Phi) is 5.55. The van der Waals surface area contributed by atoms with E-state index in [1.807, 2.05) is 13.8 Å². The van der Waals surface area contributed by atoms with Gasteiger partial charge in [-0.15, -0.1) is 0 Å². The van der Waals surface area contributed by atoms with Gasteiger partial charge in [-0.05, 0) is 35.8 Å². The summed E-state index contributed by atoms with van der Waals surface area (Å²) in [5.41, 5.74) is 0.225. The van der Waals surface area contributed by atoms with Crippen molar-refractivity contribution in [1.82, 2.24) is 15.6 Å². The lowest BCUT2D eigenvalue weighted by molar-refractivity contribution is -0.120. The Balaban J connectivity index is 2.60. The van der Waals surface area contributed by atoms with Crippen LogP contribution in [0, 0.1) is 0 Å². The number of nitrogens with zero attached hydrogens (tertiary/aromatic N) is 1. The van der Waals surface area contributed by atoms with Crippen LogP contribution in [0.2, 0.25) is 5.15 Å². The molecule has 0 aliphatic carbocycles. The molecular weight excluding hydrogens is 321 g/mol. The predicted molar refractivity (Wildman–Crippen MR) is 72.6 cm³/mol. The first kappa shape index (κ1) is 14.9. The van der Waals surface area contributed by atoms with Gasteiger partial charge in [-0.3, -0.25) is 9.59 Å². The molecule has 0 aliphatic heterocycles. The number of pyridine rings is 1. The third kappa shape index (κ3) is 4.62. The predicted octanol–water partition coefficient (Wildman–Crippen LogP) is 1.75. The molecule has 0 unspecified atom stereocenters. The van der Waals surface area contributed by atoms with E-state index >= 15 is 0 Å². The van der Waals surface area contributed by atoms with Crippen LogP contribution in [0.4, 0.5) is 0 Å². The van der Waals surface area contributed by atoms with Crippen LogP contribution in [-0.2, 0) is 4.79 Å². The number of hydrogen-bond donors (Lipinski definition) is 2. The molecule has 0 spiro atoms. The number of aromatic nitrogens is 1. The van der Waals surface area contributed by atoms with Crippen molar-refractivity contribution in [2.75, 3.05) is 6.54 Å². The van der Waals surface area contributed by atoms with Gasteiger partial charge in [0.1, 0.15) is 5.15 Å². The summed E-state index contributed by atoms with van der Waals surface area (Å²) in [5, 5.41) is 5.24. The van der Waals surface area contributed by atoms with Crippen molar-refractivity contribution in [2.45, 2.75) is 19.9 Å². The molecule has 1 aromatic rings. The van der Waals surface area contributed by atoms with Crippen LogP contribution < -0.4 is 10.6 Å². The van der Waals surface area contributed by atoms with Gasteiger partial charge in [-0.1, -0.05) is 11.6 Å². The maximum Gasteiger partial charge on any atom is 0.254 e. The van der Waals surface area contributed by atoms with E-state index in [0.29, 0.717) is 4.47 Å². The number of amides is 2. The Labute approximate surface area is 118 Å². The lowest BCUT2D eigenvalue weighted by Crippen LogP contribution is -2.39. The first-order valence-corrected chi connectivity index (χ1v) is 6.46. The highest BCUT2D eigenvalue weighted by Crippen LogP contribution is 2.17. The van der Waals surface area contributed by atoms with Crippen LogP contribution >= 0.6 is 27.5 Å². The summed E-state index contributed by atoms with van der Waals surface area (Å²) in [6.45, 7) is 3.59. The van der Waals surface area contributed by atoms with E-state index in [-0.39, 0.29) is 29.2 Å². The zero-order chi connectivity index (χ0) is 13.7. The molecule has 1 aromatic heterocycles. The Hall–Kier alpha value is -1.14. The molecule has 98 valence electrons. The van der Waals surface area contributed by atoms with Gasteiger partial charge in [-0.25, -0.2) is 4.98 Å². The lowest BCUT2D eigenvalue weighted by atomic mass is 10.2. The third-order valence-electron chi connectivity index (χ3n) is 1.91. The molecule has 0 bridgehead atoms. The van der Waals surface area contributed by atoms with E-state index in [2.05, 4.69) is 31.5 Å². The molecule has 0 aromatic carbocycles. The number of carbonyl (C=O) groups excluding carboxylic acids is 2. The van der Waals surface area contributed by atoms with Gasteiger partial charge in [-0.2, -0.15) is 0 Å². The van der Waals surface area contributed by atoms with Gasteiger partial charge in [0, 0.05) is 16.7 Å². The Morgan fingerprint density at radius 1 is 1.50 bits per heavy atom. The average molecular weight is 335 g/mol. The summed E-state index contributed by atoms with van der Waals surface area (Å²) >= 11 is 8.99. The van der Waals surface area contributed by atoms with Crippen LogP contribution in [0.15, 0.2) is 16.7 Å². The van der Waals surface area contributed by atoms with Gasteiger partial charge in [0.2, 0.25) is 5.91 Å². The van der Waals surface area contributed by atoms with Gasteiger partial charge < -0.3 is 10.6 Å². The lowest BCUT2D eigenvalue weighted by Gasteiger charge is -2.09. The Morgan fingerprint density at radius 3 is 2.78 bits per heavy atom. The number of halogens is 2. The van der Waals surface area contributed by atoms with Crippen molar-refractivity contribution >= 4 is 39.3 Å². The monoisotopic (exact) mass is 333 g/mol. The molecule has 0 saturated carbocycles. The van der Waals surface area contributed by atoms with Crippen LogP contribution in [0.5, 0.6) is 0 Å². The molecule has 0 aliphatic rings. The molecule has 0 radical (unpaired) electrons. The zero-order valence-corrected chi connectivity index (χ0v) is 12.3. The van der Waals surface area contributed by atoms with Crippen molar-refractivity contribution in [3.8, 4) is 0 Å². The number of rotatable bonds is 4. The Morgan fingerprint density at radius 2 is 2.17 bits per heavy atom. The van der Waals surface area contributed by atoms with Crippen molar-refractivity contribution < 1.29 is 9.59 Å². The van der Waals surface area contributed by atoms with Crippen molar-refractivity contribution in [3.63, 3.8) is 0 Å². The molecule has 18 heavy (non-hydrogen) atoms. The van der Waals surface area contributed by atoms with Crippen LogP contribution in [-0.4, -0.2) is 29.4 Å². The minimum Gasteiger partial charge on any atom is -0.352 e. The minimum atomic E-state index is -0.437. The number of carbonyl (C=O) groups is 2. The van der Waals surface area contributed by atoms with Gasteiger partial charge in [0.05, 0.1) is 12.1 Å². The molecule has 1 rings (SSSR count). The normalized spacial score (nSPS) is 10.3. The van der Waals surface area contributed by atoms with E-state index in [0.717, 1.165) is 0 Å². The van der Waals surface area contributed by atoms with Crippen LogP contribution in [0.3, 0.4) is 0 Å². The maximum absolute atomic E-state index is 11.8. The number of nitrogens with one attached hydrogen (secondary N) is 2. The quantitative estimate of drug-likeness (QED) is 0.824. The fourth-order valence-electron chi connectivity index (χ4n) is 1.21. The highest BCUT2D eigenvalue weighted by molar-refractivity contribution is 9.10. The minimum absolute atomic E-state index is 0.0329. The molecule has 1 heterocycles. The third-order valence-corrected chi connectivity index (χ3v) is 2.64. The second kappa shape index (κ2) is 6.70. The van der Waals surface area contributed by atoms with Crippen molar-refractivity contribution in [2.24, 2.45) is 0 Å². The van der Waals surface area contributed by atoms with Gasteiger partial charge in [0.15, 0.2) is 0 Å². The molecule has 0 atom stereocenters. The summed E-state index contributed by atoms with van der Waals surface area (Å²) < 4.78 is 0.642. The second-order valence-corrected chi connectivity index (χ2v) is 5.17. The first-order chi connectivity index (χ1) is 8.40. The van der Waals surface area contributed by atoms with E-state index in [1.165, 1.54) is 6.20 Å². The number of hydrogen-bond acceptors (Lipinski definition) is 3.